The van der Waals surface area contributed by atoms with Crippen LogP contribution in [0.5, 0.6) is 11.5 Å². The van der Waals surface area contributed by atoms with Gasteiger partial charge in [-0.25, -0.2) is 44.2 Å². The summed E-state index contributed by atoms with van der Waals surface area (Å²) in [4.78, 5) is 42.3. The van der Waals surface area contributed by atoms with Crippen molar-refractivity contribution in [1.29, 1.82) is 0 Å². The van der Waals surface area contributed by atoms with Crippen LogP contribution in [0.25, 0.3) is 0 Å². The summed E-state index contributed by atoms with van der Waals surface area (Å²) in [5, 5.41) is 18.5. The molecule has 20 nitrogen and oxygen atoms in total. The van der Waals surface area contributed by atoms with E-state index < -0.39 is 49.4 Å². The lowest BCUT2D eigenvalue weighted by Gasteiger charge is -2.31. The van der Waals surface area contributed by atoms with E-state index in [-0.39, 0.29) is 80.9 Å². The van der Waals surface area contributed by atoms with Crippen molar-refractivity contribution in [3.8, 4) is 11.5 Å². The van der Waals surface area contributed by atoms with E-state index in [2.05, 4.69) is 35.9 Å². The second-order valence-corrected chi connectivity index (χ2v) is 20.6. The number of nitrogens with two attached hydrogens (primary N) is 2. The van der Waals surface area contributed by atoms with E-state index in [9.17, 15) is 40.3 Å². The fraction of sp³-hybridized carbons (Fsp3) is 0.488. The summed E-state index contributed by atoms with van der Waals surface area (Å²) in [6.45, 7) is 4.11. The van der Waals surface area contributed by atoms with Crippen LogP contribution in [0.15, 0.2) is 48.8 Å². The van der Waals surface area contributed by atoms with Gasteiger partial charge in [0.05, 0.1) is 54.1 Å². The summed E-state index contributed by atoms with van der Waals surface area (Å²) < 4.78 is 90.3. The van der Waals surface area contributed by atoms with Crippen molar-refractivity contribution >= 4 is 66.7 Å². The molecule has 0 amide bonds. The Labute approximate surface area is 399 Å². The Hall–Kier alpha value is -5.37. The molecule has 0 bridgehead atoms. The third kappa shape index (κ3) is 14.8. The Kier molecular flexibility index (Phi) is 19.5. The number of ketones is 2. The molecule has 1 atom stereocenters. The van der Waals surface area contributed by atoms with E-state index in [1.165, 1.54) is 59.5 Å². The smallest absolute Gasteiger partial charge is 0.224 e. The van der Waals surface area contributed by atoms with Crippen LogP contribution in [-0.2, 0) is 20.0 Å². The minimum absolute atomic E-state index is 0.0147. The number of hydrogen-bond donors (Lipinski definition) is 6. The monoisotopic (exact) mass is 1010 g/mol. The quantitative estimate of drug-likeness (QED) is 0.0397. The van der Waals surface area contributed by atoms with Crippen molar-refractivity contribution in [3.63, 3.8) is 0 Å². The van der Waals surface area contributed by atoms with E-state index >= 15 is 0 Å². The largest absolute Gasteiger partial charge is 0.496 e. The molecular weight excluding hydrogens is 952 g/mol. The standard InChI is InChI=1S/C23H33FN6O5S.C20H25ClFN5O4S/c1-15(31)13-26-8-3-11-36(33,34)30-9-6-17(7-10-30)28-23-27-14-19(22(25)29-23)21(32)18-12-16(24)4-5-20(18)35-2;1-31-17-4-3-13(22)11-15(17)18(28)16-12-24-20(26-19(16)23)25-14-5-8-27(9-6-14)32(29,30)10-2-7-21/h4-5,12,14-15,17,26,31H,3,6-11,13H2,1-2H3,(H3,25,27,28,29);3-4,11-12,14H,2,5-10H2,1H3,(H3,23,24,25,26). The predicted octanol–water partition coefficient (Wildman–Crippen LogP) is 3.28. The first-order chi connectivity index (χ1) is 32.3. The number of nitrogens with zero attached hydrogens (tertiary/aromatic N) is 6. The molecule has 372 valence electrons. The maximum Gasteiger partial charge on any atom is 0.224 e. The number of anilines is 4. The normalized spacial score (nSPS) is 15.8. The molecule has 0 aliphatic carbocycles. The third-order valence-electron chi connectivity index (χ3n) is 11.0. The molecule has 25 heteroatoms. The van der Waals surface area contributed by atoms with Gasteiger partial charge in [-0.2, -0.15) is 9.97 Å². The molecule has 6 rings (SSSR count). The van der Waals surface area contributed by atoms with Gasteiger partial charge in [0.1, 0.15) is 34.8 Å². The van der Waals surface area contributed by atoms with Crippen LogP contribution in [0.4, 0.5) is 32.3 Å². The van der Waals surface area contributed by atoms with E-state index in [0.717, 1.165) is 12.1 Å². The molecule has 0 radical (unpaired) electrons. The van der Waals surface area contributed by atoms with Crippen molar-refractivity contribution in [2.45, 2.75) is 63.6 Å². The molecule has 1 unspecified atom stereocenters. The van der Waals surface area contributed by atoms with Gasteiger partial charge in [0.2, 0.25) is 43.5 Å². The molecule has 0 saturated carbocycles. The number of aliphatic hydroxyl groups is 1. The number of aromatic nitrogens is 4. The minimum Gasteiger partial charge on any atom is -0.496 e. The van der Waals surface area contributed by atoms with Crippen molar-refractivity contribution in [2.75, 3.05) is 93.0 Å². The number of alkyl halides is 1. The van der Waals surface area contributed by atoms with Gasteiger partial charge in [-0.3, -0.25) is 9.59 Å². The molecule has 4 aromatic rings. The van der Waals surface area contributed by atoms with Crippen LogP contribution >= 0.6 is 11.6 Å². The summed E-state index contributed by atoms with van der Waals surface area (Å²) in [5.74, 6) is -1.13. The highest BCUT2D eigenvalue weighted by Gasteiger charge is 2.30. The van der Waals surface area contributed by atoms with E-state index in [1.54, 1.807) is 6.92 Å². The number of methoxy groups -OCH3 is 2. The van der Waals surface area contributed by atoms with Crippen LogP contribution in [0.2, 0.25) is 0 Å². The van der Waals surface area contributed by atoms with Crippen LogP contribution in [0, 0.1) is 11.6 Å². The maximum absolute atomic E-state index is 13.7. The lowest BCUT2D eigenvalue weighted by molar-refractivity contribution is 0.102. The Morgan fingerprint density at radius 2 is 1.16 bits per heavy atom. The summed E-state index contributed by atoms with van der Waals surface area (Å²) in [6.07, 6.45) is 5.24. The number of rotatable bonds is 21. The number of nitrogen functional groups attached to an aromatic ring is 2. The molecular formula is C43H58ClF2N11O9S2. The number of aliphatic hydroxyl groups excluding tert-OH is 1. The number of piperidine rings is 2. The highest BCUT2D eigenvalue weighted by Crippen LogP contribution is 2.27. The van der Waals surface area contributed by atoms with Gasteiger partial charge in [0.15, 0.2) is 0 Å². The van der Waals surface area contributed by atoms with Crippen molar-refractivity contribution in [1.82, 2.24) is 33.9 Å². The summed E-state index contributed by atoms with van der Waals surface area (Å²) >= 11 is 5.60. The summed E-state index contributed by atoms with van der Waals surface area (Å²) in [6, 6.07) is 7.14. The van der Waals surface area contributed by atoms with Crippen LogP contribution in [0.1, 0.15) is 77.3 Å². The fourth-order valence-electron chi connectivity index (χ4n) is 7.39. The Morgan fingerprint density at radius 3 is 1.53 bits per heavy atom. The van der Waals surface area contributed by atoms with E-state index in [0.29, 0.717) is 83.7 Å². The molecule has 2 aromatic carbocycles. The van der Waals surface area contributed by atoms with E-state index in [1.807, 2.05) is 0 Å². The van der Waals surface area contributed by atoms with Gasteiger partial charge in [-0.05, 0) is 88.4 Å². The first-order valence-electron chi connectivity index (χ1n) is 21.8. The topological polar surface area (TPSA) is 287 Å². The highest BCUT2D eigenvalue weighted by molar-refractivity contribution is 7.89. The molecule has 2 fully saturated rings. The minimum atomic E-state index is -3.36. The van der Waals surface area contributed by atoms with Crippen molar-refractivity contribution in [3.05, 3.63) is 82.7 Å². The molecule has 0 spiro atoms. The molecule has 2 aliphatic heterocycles. The van der Waals surface area contributed by atoms with Crippen LogP contribution in [-0.4, -0.2) is 151 Å². The van der Waals surface area contributed by atoms with Gasteiger partial charge in [0.25, 0.3) is 0 Å². The number of hydrogen-bond acceptors (Lipinski definition) is 18. The fourth-order valence-corrected chi connectivity index (χ4v) is 10.8. The van der Waals surface area contributed by atoms with Gasteiger partial charge in [-0.1, -0.05) is 0 Å². The Bertz CT molecular complexity index is 2590. The SMILES string of the molecule is COc1ccc(F)cc1C(=O)c1cnc(NC2CCN(S(=O)(=O)CCCCl)CC2)nc1N.COc1ccc(F)cc1C(=O)c1cnc(NC2CCN(S(=O)(=O)CCCNCC(C)O)CC2)nc1N. The zero-order valence-electron chi connectivity index (χ0n) is 38.0. The molecule has 2 aliphatic rings. The highest BCUT2D eigenvalue weighted by atomic mass is 35.5. The number of sulfonamides is 2. The maximum atomic E-state index is 13.7. The summed E-state index contributed by atoms with van der Waals surface area (Å²) in [5.41, 5.74) is 12.1. The number of carbonyl (C=O) groups excluding carboxylic acids is 2. The number of benzene rings is 2. The van der Waals surface area contributed by atoms with Gasteiger partial charge in [-0.15, -0.1) is 11.6 Å². The Balaban J connectivity index is 0.000000256. The van der Waals surface area contributed by atoms with E-state index in [4.69, 9.17) is 32.5 Å². The van der Waals surface area contributed by atoms with Gasteiger partial charge in [0, 0.05) is 63.1 Å². The van der Waals surface area contributed by atoms with Crippen molar-refractivity contribution in [2.24, 2.45) is 0 Å². The molecule has 68 heavy (non-hydrogen) atoms. The first-order valence-corrected chi connectivity index (χ1v) is 25.6. The zero-order chi connectivity index (χ0) is 49.6. The second kappa shape index (κ2) is 24.8. The lowest BCUT2D eigenvalue weighted by atomic mass is 10.0. The zero-order valence-corrected chi connectivity index (χ0v) is 40.3. The Morgan fingerprint density at radius 1 is 0.750 bits per heavy atom. The first kappa shape index (κ1) is 53.6. The van der Waals surface area contributed by atoms with Crippen LogP contribution < -0.4 is 36.9 Å². The molecule has 4 heterocycles. The molecule has 2 saturated heterocycles. The van der Waals surface area contributed by atoms with Crippen molar-refractivity contribution < 1.29 is 49.8 Å². The van der Waals surface area contributed by atoms with Gasteiger partial charge < -0.3 is 42.0 Å². The number of halogens is 3. The average molecular weight is 1010 g/mol. The molecule has 2 aromatic heterocycles. The molecule has 8 N–H and O–H groups in total. The summed E-state index contributed by atoms with van der Waals surface area (Å²) in [7, 11) is -3.90. The predicted molar refractivity (Wildman–Crippen MR) is 254 cm³/mol. The lowest BCUT2D eigenvalue weighted by Crippen LogP contribution is -2.43. The third-order valence-corrected chi connectivity index (χ3v) is 15.2. The number of nitrogens with one attached hydrogen (secondary N) is 3. The number of ether oxygens (including phenoxy) is 2. The van der Waals surface area contributed by atoms with Crippen LogP contribution in [0.3, 0.4) is 0 Å². The number of carbonyl (C=O) groups is 2. The average Bonchev–Trinajstić information content (AvgIpc) is 3.31. The van der Waals surface area contributed by atoms with Gasteiger partial charge >= 0.3 is 0 Å². The second-order valence-electron chi connectivity index (χ2n) is 16.0.